The van der Waals surface area contributed by atoms with Crippen LogP contribution in [0.5, 0.6) is 0 Å². The number of carbonyl (C=O) groups is 1. The van der Waals surface area contributed by atoms with E-state index in [4.69, 9.17) is 68.4 Å². The molecule has 5 atom stereocenters. The van der Waals surface area contributed by atoms with E-state index in [9.17, 15) is 4.79 Å². The quantitative estimate of drug-likeness (QED) is 0.0330. The number of nitrogens with one attached hydrogen (secondary N) is 1. The van der Waals surface area contributed by atoms with Gasteiger partial charge in [-0.1, -0.05) is 32.5 Å². The third kappa shape index (κ3) is 12.9. The highest BCUT2D eigenvalue weighted by atomic mass is 35.5. The molecule has 2 saturated heterocycles. The van der Waals surface area contributed by atoms with Gasteiger partial charge in [-0.25, -0.2) is 9.48 Å². The van der Waals surface area contributed by atoms with Crippen molar-refractivity contribution in [2.45, 2.75) is 160 Å². The molecule has 5 heterocycles. The fraction of sp³-hybridized carbons (Fsp3) is 0.829. The van der Waals surface area contributed by atoms with Crippen molar-refractivity contribution in [1.82, 2.24) is 35.3 Å². The van der Waals surface area contributed by atoms with Crippen molar-refractivity contribution in [3.8, 4) is 0 Å². The number of ether oxygens (including phenoxy) is 9. The number of amides is 1. The lowest BCUT2D eigenvalue weighted by Crippen LogP contribution is -2.47. The number of aromatic nitrogens is 8. The summed E-state index contributed by atoms with van der Waals surface area (Å²) in [4.78, 5) is 24.6. The van der Waals surface area contributed by atoms with Crippen molar-refractivity contribution in [2.24, 2.45) is 0 Å². The number of fused-ring (bicyclic) bond motifs is 2. The van der Waals surface area contributed by atoms with E-state index < -0.39 is 63.0 Å². The van der Waals surface area contributed by atoms with Gasteiger partial charge < -0.3 is 51.7 Å². The van der Waals surface area contributed by atoms with E-state index in [2.05, 4.69) is 45.1 Å². The van der Waals surface area contributed by atoms with Gasteiger partial charge in [0.2, 0.25) is 10.6 Å². The fourth-order valence-electron chi connectivity index (χ4n) is 8.00. The Kier molecular flexibility index (Phi) is 17.8. The second-order valence-electron chi connectivity index (χ2n) is 19.2. The smallest absolute Gasteiger partial charge is 0.416 e. The Labute approximate surface area is 392 Å². The molecule has 372 valence electrons. The van der Waals surface area contributed by atoms with Gasteiger partial charge in [0.15, 0.2) is 30.2 Å². The summed E-state index contributed by atoms with van der Waals surface area (Å²) in [6, 6.07) is 0.823. The molecule has 3 fully saturated rings. The second-order valence-corrected chi connectivity index (χ2v) is 27.5. The topological polar surface area (TPSA) is 228 Å². The molecule has 1 saturated carbocycles. The molecule has 1 unspecified atom stereocenters. The maximum absolute atomic E-state index is 15.1. The molecule has 0 aromatic carbocycles. The zero-order chi connectivity index (χ0) is 47.9. The van der Waals surface area contributed by atoms with Crippen molar-refractivity contribution in [1.29, 1.82) is 0 Å². The highest BCUT2D eigenvalue weighted by Gasteiger charge is 2.59. The van der Waals surface area contributed by atoms with Crippen LogP contribution < -0.4 is 9.58 Å². The predicted molar refractivity (Wildman–Crippen MR) is 242 cm³/mol. The van der Waals surface area contributed by atoms with Gasteiger partial charge in [0.1, 0.15) is 30.5 Å². The molecule has 0 radical (unpaired) electrons. The Morgan fingerprint density at radius 2 is 1.73 bits per heavy atom. The van der Waals surface area contributed by atoms with E-state index in [1.807, 2.05) is 20.8 Å². The second kappa shape index (κ2) is 22.3. The summed E-state index contributed by atoms with van der Waals surface area (Å²) < 4.78 is 86.0. The number of methoxy groups -OCH3 is 1. The summed E-state index contributed by atoms with van der Waals surface area (Å²) >= 11 is 6.66. The number of tetrazole rings is 1. The van der Waals surface area contributed by atoms with Crippen LogP contribution >= 0.6 is 19.2 Å². The van der Waals surface area contributed by atoms with Crippen molar-refractivity contribution >= 4 is 50.2 Å². The average molecular weight is 992 g/mol. The minimum absolute atomic E-state index is 0.0290. The summed E-state index contributed by atoms with van der Waals surface area (Å²) in [6.07, 6.45) is 1.23. The Bertz CT molecular complexity index is 2090. The van der Waals surface area contributed by atoms with Gasteiger partial charge in [-0.3, -0.25) is 9.46 Å². The van der Waals surface area contributed by atoms with Gasteiger partial charge in [-0.2, -0.15) is 15.1 Å². The Hall–Kier alpha value is -2.77. The first-order valence-corrected chi connectivity index (χ1v) is 28.3. The van der Waals surface area contributed by atoms with E-state index in [1.165, 1.54) is 0 Å². The lowest BCUT2D eigenvalue weighted by atomic mass is 10.1. The molecular formula is C41H70ClN9O13PSi+. The first-order chi connectivity index (χ1) is 31.2. The number of carbonyl (C=O) groups excluding carboxylic acids is 1. The number of rotatable bonds is 25. The van der Waals surface area contributed by atoms with E-state index in [-0.39, 0.29) is 76.7 Å². The highest BCUT2D eigenvalue weighted by Crippen LogP contribution is 2.61. The molecule has 3 aromatic rings. The van der Waals surface area contributed by atoms with Gasteiger partial charge in [-0.15, -0.1) is 4.68 Å². The van der Waals surface area contributed by atoms with Gasteiger partial charge in [0, 0.05) is 27.8 Å². The van der Waals surface area contributed by atoms with Crippen molar-refractivity contribution in [3.05, 3.63) is 17.3 Å². The molecular weight excluding hydrogens is 921 g/mol. The van der Waals surface area contributed by atoms with E-state index >= 15 is 4.57 Å². The minimum Gasteiger partial charge on any atom is -0.443 e. The van der Waals surface area contributed by atoms with Crippen LogP contribution in [0.15, 0.2) is 6.20 Å². The summed E-state index contributed by atoms with van der Waals surface area (Å²) in [7, 11) is -3.98. The van der Waals surface area contributed by atoms with E-state index in [0.717, 1.165) is 31.7 Å². The third-order valence-electron chi connectivity index (χ3n) is 11.1. The average Bonchev–Trinajstić information content (AvgIpc) is 4.07. The zero-order valence-electron chi connectivity index (χ0n) is 40.3. The lowest BCUT2D eigenvalue weighted by Gasteiger charge is -2.38. The van der Waals surface area contributed by atoms with Crippen LogP contribution in [-0.4, -0.2) is 150 Å². The Balaban J connectivity index is 1.30. The molecule has 25 heteroatoms. The molecule has 6 rings (SSSR count). The lowest BCUT2D eigenvalue weighted by molar-refractivity contribution is -0.792. The molecule has 0 bridgehead atoms. The number of hydrogen-bond acceptors (Lipinski definition) is 18. The van der Waals surface area contributed by atoms with Crippen LogP contribution in [0.4, 0.5) is 10.6 Å². The normalized spacial score (nSPS) is 22.3. The molecule has 66 heavy (non-hydrogen) atoms. The number of H-pyrrole nitrogens is 1. The molecule has 1 N–H and O–H groups in total. The van der Waals surface area contributed by atoms with Crippen molar-refractivity contribution in [3.63, 3.8) is 0 Å². The van der Waals surface area contributed by atoms with Crippen LogP contribution in [-0.2, 0) is 69.6 Å². The Morgan fingerprint density at radius 1 is 1.03 bits per heavy atom. The number of halogens is 1. The fourth-order valence-corrected chi connectivity index (χ4v) is 10.9. The predicted octanol–water partition coefficient (Wildman–Crippen LogP) is 6.16. The van der Waals surface area contributed by atoms with Crippen LogP contribution in [0.2, 0.25) is 31.0 Å². The first kappa shape index (κ1) is 52.6. The third-order valence-corrected chi connectivity index (χ3v) is 15.5. The standard InChI is InChI=1S/C41H69ClN9O13PSi/c1-12-59-65(53,60-13-2)41(25-55-19-18-54-8,26-57-24-31-46-47-48-49(31)27-56-20-21-66(9,10)11)58-23-30-32-33(63-40(6,7)62-32)36(61-30)51-35-29(22-43-51)34(44-37(42)45-35)50(28-16-14-15-17-28)38(52)64-39(3,4)5/h22,28,30,32-33,36H,12-21,23-27H2,1-11H3/p+1/t30?,32-,33-,36-,41-/m1/s1. The maximum Gasteiger partial charge on any atom is 0.416 e. The molecule has 0 spiro atoms. The molecule has 1 amide bonds. The summed E-state index contributed by atoms with van der Waals surface area (Å²) in [5, 5.41) is 14.4. The summed E-state index contributed by atoms with van der Waals surface area (Å²) in [6.45, 7) is 19.6. The summed E-state index contributed by atoms with van der Waals surface area (Å²) in [5.74, 6) is -0.339. The molecule has 1 aliphatic carbocycles. The number of aromatic amines is 1. The molecule has 2 aliphatic heterocycles. The molecule has 3 aliphatic rings. The SMILES string of the molecule is CCOP(=O)(OCC)[C@](COCCOC)(COCc1n[nH]n[n+]1COCC[Si](C)(C)C)OCC1O[C@@H](n2ncc3c(N(C(=O)OC(C)(C)C)C4CCCC4)nc(Cl)nc32)[C@@H]2OC(C)(C)O[C@H]12. The Morgan fingerprint density at radius 3 is 2.39 bits per heavy atom. The largest absolute Gasteiger partial charge is 0.443 e. The zero-order valence-corrected chi connectivity index (χ0v) is 42.9. The van der Waals surface area contributed by atoms with E-state index in [1.54, 1.807) is 55.3 Å². The first-order valence-electron chi connectivity index (χ1n) is 22.7. The maximum atomic E-state index is 15.1. The number of anilines is 1. The number of hydrogen-bond donors (Lipinski definition) is 1. The minimum atomic E-state index is -4.23. The molecule has 3 aromatic heterocycles. The van der Waals surface area contributed by atoms with Crippen LogP contribution in [0.1, 0.15) is 86.2 Å². The summed E-state index contributed by atoms with van der Waals surface area (Å²) in [5.41, 5.74) is -0.460. The van der Waals surface area contributed by atoms with Gasteiger partial charge >= 0.3 is 19.5 Å². The highest BCUT2D eigenvalue weighted by molar-refractivity contribution is 7.55. The van der Waals surface area contributed by atoms with Gasteiger partial charge in [0.25, 0.3) is 0 Å². The van der Waals surface area contributed by atoms with Crippen molar-refractivity contribution < 1.29 is 65.7 Å². The van der Waals surface area contributed by atoms with Crippen molar-refractivity contribution in [2.75, 3.05) is 64.9 Å². The van der Waals surface area contributed by atoms with Gasteiger partial charge in [0.05, 0.1) is 68.1 Å². The van der Waals surface area contributed by atoms with Gasteiger partial charge in [-0.05, 0) is 84.2 Å². The van der Waals surface area contributed by atoms with Crippen LogP contribution in [0.25, 0.3) is 11.0 Å². The van der Waals surface area contributed by atoms with E-state index in [0.29, 0.717) is 23.5 Å². The van der Waals surface area contributed by atoms with Crippen LogP contribution in [0, 0.1) is 0 Å². The monoisotopic (exact) mass is 990 g/mol. The number of nitrogens with zero attached hydrogens (tertiary/aromatic N) is 8. The molecule has 22 nitrogen and oxygen atoms in total. The van der Waals surface area contributed by atoms with Crippen LogP contribution in [0.3, 0.4) is 0 Å².